The second-order valence-corrected chi connectivity index (χ2v) is 7.39. The standard InChI is InChI=1S/C20H19N3OS/c1-3-17-16(21)9-13(10-22-17)19-7-6-18(25-19)12-4-5-15-14(8-12)11-23(2)20(15)24/h4-10H,3,11,21H2,1-2H3. The second-order valence-electron chi connectivity index (χ2n) is 6.31. The van der Waals surface area contributed by atoms with Gasteiger partial charge in [0.05, 0.1) is 11.4 Å². The lowest BCUT2D eigenvalue weighted by Gasteiger charge is -2.04. The summed E-state index contributed by atoms with van der Waals surface area (Å²) in [7, 11) is 1.84. The monoisotopic (exact) mass is 349 g/mol. The summed E-state index contributed by atoms with van der Waals surface area (Å²) in [5, 5.41) is 0. The Kier molecular flexibility index (Phi) is 3.81. The zero-order valence-corrected chi connectivity index (χ0v) is 15.1. The molecule has 0 radical (unpaired) electrons. The summed E-state index contributed by atoms with van der Waals surface area (Å²) in [6.45, 7) is 2.73. The summed E-state index contributed by atoms with van der Waals surface area (Å²) < 4.78 is 0. The van der Waals surface area contributed by atoms with Gasteiger partial charge < -0.3 is 10.6 Å². The van der Waals surface area contributed by atoms with Crippen molar-refractivity contribution < 1.29 is 4.79 Å². The van der Waals surface area contributed by atoms with Crippen molar-refractivity contribution in [3.63, 3.8) is 0 Å². The van der Waals surface area contributed by atoms with E-state index in [4.69, 9.17) is 5.73 Å². The minimum atomic E-state index is 0.103. The molecule has 0 atom stereocenters. The molecule has 3 aromatic rings. The highest BCUT2D eigenvalue weighted by molar-refractivity contribution is 7.18. The van der Waals surface area contributed by atoms with Gasteiger partial charge in [0.1, 0.15) is 0 Å². The fraction of sp³-hybridized carbons (Fsp3) is 0.200. The van der Waals surface area contributed by atoms with Gasteiger partial charge in [0.25, 0.3) is 5.91 Å². The third kappa shape index (κ3) is 2.70. The number of benzene rings is 1. The molecule has 1 amide bonds. The third-order valence-electron chi connectivity index (χ3n) is 4.60. The molecular formula is C20H19N3OS. The van der Waals surface area contributed by atoms with Gasteiger partial charge in [-0.1, -0.05) is 13.0 Å². The van der Waals surface area contributed by atoms with Gasteiger partial charge in [0, 0.05) is 40.7 Å². The summed E-state index contributed by atoms with van der Waals surface area (Å²) >= 11 is 1.71. The number of rotatable bonds is 3. The van der Waals surface area contributed by atoms with Gasteiger partial charge in [0.2, 0.25) is 0 Å². The summed E-state index contributed by atoms with van der Waals surface area (Å²) in [5.41, 5.74) is 11.9. The van der Waals surface area contributed by atoms with Crippen LogP contribution >= 0.6 is 11.3 Å². The van der Waals surface area contributed by atoms with Crippen molar-refractivity contribution in [2.24, 2.45) is 0 Å². The SMILES string of the molecule is CCc1ncc(-c2ccc(-c3ccc4c(c3)CN(C)C4=O)s2)cc1N. The first-order chi connectivity index (χ1) is 12.1. The molecule has 0 saturated carbocycles. The van der Waals surface area contributed by atoms with E-state index >= 15 is 0 Å². The molecule has 1 aliphatic heterocycles. The molecule has 0 saturated heterocycles. The molecule has 0 fully saturated rings. The molecule has 0 spiro atoms. The van der Waals surface area contributed by atoms with Crippen molar-refractivity contribution in [1.29, 1.82) is 0 Å². The number of aromatic nitrogens is 1. The Morgan fingerprint density at radius 1 is 1.16 bits per heavy atom. The Morgan fingerprint density at radius 3 is 2.64 bits per heavy atom. The lowest BCUT2D eigenvalue weighted by atomic mass is 10.1. The maximum Gasteiger partial charge on any atom is 0.254 e. The van der Waals surface area contributed by atoms with Crippen molar-refractivity contribution in [3.8, 4) is 20.9 Å². The summed E-state index contributed by atoms with van der Waals surface area (Å²) in [4.78, 5) is 20.6. The largest absolute Gasteiger partial charge is 0.397 e. The number of carbonyl (C=O) groups is 1. The lowest BCUT2D eigenvalue weighted by molar-refractivity contribution is 0.0816. The quantitative estimate of drug-likeness (QED) is 0.771. The Hall–Kier alpha value is -2.66. The Labute approximate surface area is 150 Å². The number of nitrogens with two attached hydrogens (primary N) is 1. The molecule has 0 unspecified atom stereocenters. The fourth-order valence-electron chi connectivity index (χ4n) is 3.21. The van der Waals surface area contributed by atoms with Crippen LogP contribution in [-0.2, 0) is 13.0 Å². The first-order valence-corrected chi connectivity index (χ1v) is 9.12. The van der Waals surface area contributed by atoms with Crippen molar-refractivity contribution in [2.75, 3.05) is 12.8 Å². The molecule has 0 aliphatic carbocycles. The van der Waals surface area contributed by atoms with Gasteiger partial charge in [-0.3, -0.25) is 9.78 Å². The van der Waals surface area contributed by atoms with Gasteiger partial charge in [-0.2, -0.15) is 0 Å². The van der Waals surface area contributed by atoms with Crippen LogP contribution in [-0.4, -0.2) is 22.8 Å². The maximum atomic E-state index is 12.0. The highest BCUT2D eigenvalue weighted by atomic mass is 32.1. The number of thiophene rings is 1. The van der Waals surface area contributed by atoms with E-state index in [0.29, 0.717) is 6.54 Å². The smallest absolute Gasteiger partial charge is 0.254 e. The minimum Gasteiger partial charge on any atom is -0.397 e. The molecule has 25 heavy (non-hydrogen) atoms. The average Bonchev–Trinajstić information content (AvgIpc) is 3.20. The van der Waals surface area contributed by atoms with Crippen LogP contribution in [0.2, 0.25) is 0 Å². The van der Waals surface area contributed by atoms with Crippen LogP contribution in [0.5, 0.6) is 0 Å². The van der Waals surface area contributed by atoms with E-state index in [1.165, 1.54) is 4.88 Å². The minimum absolute atomic E-state index is 0.103. The van der Waals surface area contributed by atoms with Gasteiger partial charge in [-0.05, 0) is 47.9 Å². The molecule has 0 bridgehead atoms. The van der Waals surface area contributed by atoms with E-state index in [0.717, 1.165) is 44.9 Å². The first-order valence-electron chi connectivity index (χ1n) is 8.30. The molecule has 2 N–H and O–H groups in total. The second kappa shape index (κ2) is 6.01. The lowest BCUT2D eigenvalue weighted by Crippen LogP contribution is -2.17. The number of hydrogen-bond acceptors (Lipinski definition) is 4. The fourth-order valence-corrected chi connectivity index (χ4v) is 4.19. The predicted octanol–water partition coefficient (Wildman–Crippen LogP) is 4.21. The van der Waals surface area contributed by atoms with Gasteiger partial charge in [-0.25, -0.2) is 0 Å². The highest BCUT2D eigenvalue weighted by Gasteiger charge is 2.24. The number of carbonyl (C=O) groups excluding carboxylic acids is 1. The Bertz CT molecular complexity index is 977. The Morgan fingerprint density at radius 2 is 1.92 bits per heavy atom. The van der Waals surface area contributed by atoms with Crippen LogP contribution in [0.15, 0.2) is 42.6 Å². The molecular weight excluding hydrogens is 330 g/mol. The van der Waals surface area contributed by atoms with Crippen LogP contribution in [0.1, 0.15) is 28.5 Å². The van der Waals surface area contributed by atoms with Crippen molar-refractivity contribution in [2.45, 2.75) is 19.9 Å². The van der Waals surface area contributed by atoms with Gasteiger partial charge in [0.15, 0.2) is 0 Å². The Balaban J connectivity index is 1.67. The molecule has 1 aliphatic rings. The van der Waals surface area contributed by atoms with Gasteiger partial charge >= 0.3 is 0 Å². The van der Waals surface area contributed by atoms with E-state index in [-0.39, 0.29) is 5.91 Å². The number of nitrogens with zero attached hydrogens (tertiary/aromatic N) is 2. The predicted molar refractivity (Wildman–Crippen MR) is 103 cm³/mol. The zero-order chi connectivity index (χ0) is 17.6. The molecule has 4 rings (SSSR count). The number of hydrogen-bond donors (Lipinski definition) is 1. The summed E-state index contributed by atoms with van der Waals surface area (Å²) in [6.07, 6.45) is 2.73. The zero-order valence-electron chi connectivity index (χ0n) is 14.2. The summed E-state index contributed by atoms with van der Waals surface area (Å²) in [6, 6.07) is 12.3. The molecule has 2 aromatic heterocycles. The van der Waals surface area contributed by atoms with E-state index in [1.54, 1.807) is 16.2 Å². The number of anilines is 1. The number of pyridine rings is 1. The molecule has 126 valence electrons. The number of aryl methyl sites for hydroxylation is 1. The first kappa shape index (κ1) is 15.8. The topological polar surface area (TPSA) is 59.2 Å². The van der Waals surface area contributed by atoms with Crippen LogP contribution in [0.3, 0.4) is 0 Å². The maximum absolute atomic E-state index is 12.0. The van der Waals surface area contributed by atoms with Gasteiger partial charge in [-0.15, -0.1) is 11.3 Å². The third-order valence-corrected chi connectivity index (χ3v) is 5.79. The van der Waals surface area contributed by atoms with Crippen molar-refractivity contribution in [1.82, 2.24) is 9.88 Å². The number of amides is 1. The van der Waals surface area contributed by atoms with E-state index in [1.807, 2.05) is 31.4 Å². The van der Waals surface area contributed by atoms with E-state index in [9.17, 15) is 4.79 Å². The normalized spacial score (nSPS) is 13.4. The van der Waals surface area contributed by atoms with Crippen molar-refractivity contribution >= 4 is 22.9 Å². The highest BCUT2D eigenvalue weighted by Crippen LogP contribution is 2.36. The molecule has 1 aromatic carbocycles. The van der Waals surface area contributed by atoms with Crippen LogP contribution in [0.4, 0.5) is 5.69 Å². The number of nitrogen functional groups attached to an aromatic ring is 1. The van der Waals surface area contributed by atoms with Crippen LogP contribution in [0, 0.1) is 0 Å². The number of fused-ring (bicyclic) bond motifs is 1. The van der Waals surface area contributed by atoms with E-state index in [2.05, 4.69) is 30.1 Å². The average molecular weight is 349 g/mol. The van der Waals surface area contributed by atoms with Crippen LogP contribution < -0.4 is 5.73 Å². The summed E-state index contributed by atoms with van der Waals surface area (Å²) in [5.74, 6) is 0.103. The molecule has 3 heterocycles. The molecule has 4 nitrogen and oxygen atoms in total. The molecule has 5 heteroatoms. The van der Waals surface area contributed by atoms with Crippen molar-refractivity contribution in [3.05, 3.63) is 59.4 Å². The van der Waals surface area contributed by atoms with E-state index < -0.39 is 0 Å². The van der Waals surface area contributed by atoms with Crippen LogP contribution in [0.25, 0.3) is 20.9 Å².